The van der Waals surface area contributed by atoms with Crippen molar-refractivity contribution < 1.29 is 8.78 Å². The summed E-state index contributed by atoms with van der Waals surface area (Å²) >= 11 is 0. The minimum Gasteiger partial charge on any atom is -0.310 e. The highest BCUT2D eigenvalue weighted by atomic mass is 19.2. The fraction of sp³-hybridized carbons (Fsp3) is 0.0714. The Morgan fingerprint density at radius 2 is 1.85 bits per heavy atom. The Morgan fingerprint density at radius 3 is 2.55 bits per heavy atom. The Labute approximate surface area is 112 Å². The van der Waals surface area contributed by atoms with Crippen molar-refractivity contribution >= 4 is 11.0 Å². The summed E-state index contributed by atoms with van der Waals surface area (Å²) in [4.78, 5) is 8.19. The van der Waals surface area contributed by atoms with E-state index in [1.807, 2.05) is 6.07 Å². The van der Waals surface area contributed by atoms with Gasteiger partial charge in [-0.3, -0.25) is 4.98 Å². The molecule has 98 valence electrons. The zero-order chi connectivity index (χ0) is 14.1. The van der Waals surface area contributed by atoms with Crippen LogP contribution in [0.3, 0.4) is 0 Å². The van der Waals surface area contributed by atoms with Gasteiger partial charge in [-0.1, -0.05) is 0 Å². The molecule has 0 fully saturated rings. The largest absolute Gasteiger partial charge is 0.310 e. The molecule has 0 N–H and O–H groups in total. The zero-order valence-electron chi connectivity index (χ0n) is 10.2. The lowest BCUT2D eigenvalue weighted by molar-refractivity contribution is 0.510. The van der Waals surface area contributed by atoms with E-state index in [0.717, 1.165) is 17.7 Å². The minimum absolute atomic E-state index is 0.000765. The standard InChI is InChI=1S/C14H8F2N4/c15-10-7-12-13(8-11(10)16)20(6-3-17)14(19-12)9-1-4-18-5-2-9/h1-2,4-5,7-8H,6H2. The molecule has 1 aromatic carbocycles. The van der Waals surface area contributed by atoms with Crippen LogP contribution in [0.2, 0.25) is 0 Å². The third-order valence-corrected chi connectivity index (χ3v) is 2.96. The van der Waals surface area contributed by atoms with Crippen molar-refractivity contribution in [1.29, 1.82) is 5.26 Å². The van der Waals surface area contributed by atoms with Crippen molar-refractivity contribution in [2.45, 2.75) is 6.54 Å². The number of aromatic nitrogens is 3. The van der Waals surface area contributed by atoms with Crippen molar-refractivity contribution in [1.82, 2.24) is 14.5 Å². The number of nitrogens with zero attached hydrogens (tertiary/aromatic N) is 4. The van der Waals surface area contributed by atoms with E-state index in [9.17, 15) is 8.78 Å². The topological polar surface area (TPSA) is 54.5 Å². The zero-order valence-corrected chi connectivity index (χ0v) is 10.2. The van der Waals surface area contributed by atoms with Crippen LogP contribution in [0, 0.1) is 23.0 Å². The highest BCUT2D eigenvalue weighted by Crippen LogP contribution is 2.26. The maximum atomic E-state index is 13.4. The number of benzene rings is 1. The van der Waals surface area contributed by atoms with Gasteiger partial charge >= 0.3 is 0 Å². The highest BCUT2D eigenvalue weighted by molar-refractivity contribution is 5.81. The molecule has 4 nitrogen and oxygen atoms in total. The van der Waals surface area contributed by atoms with Crippen LogP contribution in [-0.4, -0.2) is 14.5 Å². The van der Waals surface area contributed by atoms with E-state index in [1.54, 1.807) is 29.1 Å². The number of hydrogen-bond acceptors (Lipinski definition) is 3. The normalized spacial score (nSPS) is 10.7. The first-order valence-electron chi connectivity index (χ1n) is 5.83. The van der Waals surface area contributed by atoms with Crippen LogP contribution in [0.5, 0.6) is 0 Å². The van der Waals surface area contributed by atoms with Crippen molar-refractivity contribution in [2.24, 2.45) is 0 Å². The Bertz CT molecular complexity index is 819. The van der Waals surface area contributed by atoms with Gasteiger partial charge in [-0.25, -0.2) is 13.8 Å². The molecule has 3 aromatic rings. The number of fused-ring (bicyclic) bond motifs is 1. The predicted octanol–water partition coefficient (Wildman–Crippen LogP) is 2.90. The second kappa shape index (κ2) is 4.70. The van der Waals surface area contributed by atoms with Crippen LogP contribution < -0.4 is 0 Å². The summed E-state index contributed by atoms with van der Waals surface area (Å²) in [6, 6.07) is 7.53. The molecule has 2 aromatic heterocycles. The summed E-state index contributed by atoms with van der Waals surface area (Å²) in [5.74, 6) is -1.44. The van der Waals surface area contributed by atoms with Crippen LogP contribution in [0.4, 0.5) is 8.78 Å². The molecule has 0 saturated carbocycles. The van der Waals surface area contributed by atoms with E-state index in [4.69, 9.17) is 5.26 Å². The summed E-state index contributed by atoms with van der Waals surface area (Å²) in [6.07, 6.45) is 3.18. The van der Waals surface area contributed by atoms with Crippen LogP contribution in [-0.2, 0) is 6.54 Å². The Balaban J connectivity index is 2.32. The second-order valence-corrected chi connectivity index (χ2v) is 4.17. The molecular weight excluding hydrogens is 262 g/mol. The molecule has 0 atom stereocenters. The molecule has 0 amide bonds. The van der Waals surface area contributed by atoms with Crippen molar-refractivity contribution in [2.75, 3.05) is 0 Å². The van der Waals surface area contributed by atoms with Crippen molar-refractivity contribution in [3.8, 4) is 17.5 Å². The lowest BCUT2D eigenvalue weighted by Gasteiger charge is -2.04. The quantitative estimate of drug-likeness (QED) is 0.719. The molecule has 0 radical (unpaired) electrons. The Morgan fingerprint density at radius 1 is 1.15 bits per heavy atom. The number of imidazole rings is 1. The summed E-state index contributed by atoms with van der Waals surface area (Å²) in [5, 5.41) is 8.91. The Hall–Kier alpha value is -2.81. The van der Waals surface area contributed by atoms with Gasteiger partial charge < -0.3 is 4.57 Å². The van der Waals surface area contributed by atoms with E-state index in [2.05, 4.69) is 9.97 Å². The first-order valence-corrected chi connectivity index (χ1v) is 5.83. The molecular formula is C14H8F2N4. The number of nitriles is 1. The highest BCUT2D eigenvalue weighted by Gasteiger charge is 2.15. The van der Waals surface area contributed by atoms with Gasteiger partial charge in [-0.2, -0.15) is 5.26 Å². The Kier molecular flexibility index (Phi) is 2.88. The average molecular weight is 270 g/mol. The number of hydrogen-bond donors (Lipinski definition) is 0. The molecule has 3 rings (SSSR count). The third-order valence-electron chi connectivity index (χ3n) is 2.96. The SMILES string of the molecule is N#CCn1c(-c2ccncc2)nc2cc(F)c(F)cc21. The maximum absolute atomic E-state index is 13.4. The molecule has 0 aliphatic rings. The molecule has 6 heteroatoms. The van der Waals surface area contributed by atoms with Gasteiger partial charge in [-0.05, 0) is 12.1 Å². The van der Waals surface area contributed by atoms with E-state index in [1.165, 1.54) is 0 Å². The van der Waals surface area contributed by atoms with Crippen LogP contribution in [0.25, 0.3) is 22.4 Å². The third kappa shape index (κ3) is 1.89. The first-order chi connectivity index (χ1) is 9.70. The monoisotopic (exact) mass is 270 g/mol. The van der Waals surface area contributed by atoms with Crippen LogP contribution >= 0.6 is 0 Å². The fourth-order valence-corrected chi connectivity index (χ4v) is 2.07. The summed E-state index contributed by atoms with van der Waals surface area (Å²) in [5.41, 5.74) is 1.43. The van der Waals surface area contributed by atoms with Gasteiger partial charge in [0.2, 0.25) is 0 Å². The fourth-order valence-electron chi connectivity index (χ4n) is 2.07. The van der Waals surface area contributed by atoms with Gasteiger partial charge in [0.1, 0.15) is 12.4 Å². The van der Waals surface area contributed by atoms with E-state index in [-0.39, 0.29) is 6.54 Å². The molecule has 0 spiro atoms. The van der Waals surface area contributed by atoms with Crippen LogP contribution in [0.15, 0.2) is 36.7 Å². The molecule has 0 aliphatic carbocycles. The van der Waals surface area contributed by atoms with Gasteiger partial charge in [0.15, 0.2) is 11.6 Å². The average Bonchev–Trinajstić information content (AvgIpc) is 2.79. The molecule has 2 heterocycles. The minimum atomic E-state index is -0.960. The number of rotatable bonds is 2. The van der Waals surface area contributed by atoms with Crippen molar-refractivity contribution in [3.05, 3.63) is 48.3 Å². The van der Waals surface area contributed by atoms with Crippen LogP contribution in [0.1, 0.15) is 0 Å². The van der Waals surface area contributed by atoms with Gasteiger partial charge in [0.05, 0.1) is 17.1 Å². The molecule has 0 bridgehead atoms. The van der Waals surface area contributed by atoms with E-state index in [0.29, 0.717) is 16.9 Å². The number of pyridine rings is 1. The van der Waals surface area contributed by atoms with Gasteiger partial charge in [0.25, 0.3) is 0 Å². The first kappa shape index (κ1) is 12.2. The lowest BCUT2D eigenvalue weighted by atomic mass is 10.2. The van der Waals surface area contributed by atoms with Gasteiger partial charge in [0, 0.05) is 30.1 Å². The summed E-state index contributed by atoms with van der Waals surface area (Å²) in [7, 11) is 0. The predicted molar refractivity (Wildman–Crippen MR) is 68.5 cm³/mol. The molecule has 20 heavy (non-hydrogen) atoms. The molecule has 0 saturated heterocycles. The van der Waals surface area contributed by atoms with Crippen molar-refractivity contribution in [3.63, 3.8) is 0 Å². The lowest BCUT2D eigenvalue weighted by Crippen LogP contribution is -1.99. The summed E-state index contributed by atoms with van der Waals surface area (Å²) in [6.45, 7) is -0.000765. The number of halogens is 2. The van der Waals surface area contributed by atoms with E-state index < -0.39 is 11.6 Å². The second-order valence-electron chi connectivity index (χ2n) is 4.17. The maximum Gasteiger partial charge on any atom is 0.161 e. The molecule has 0 unspecified atom stereocenters. The van der Waals surface area contributed by atoms with E-state index >= 15 is 0 Å². The summed E-state index contributed by atoms with van der Waals surface area (Å²) < 4.78 is 28.2. The molecule has 0 aliphatic heterocycles. The van der Waals surface area contributed by atoms with Gasteiger partial charge in [-0.15, -0.1) is 0 Å². The smallest absolute Gasteiger partial charge is 0.161 e.